The molecule has 2 atom stereocenters. The van der Waals surface area contributed by atoms with E-state index in [0.29, 0.717) is 6.61 Å². The monoisotopic (exact) mass is 276 g/mol. The number of hydrazine groups is 1. The third-order valence-electron chi connectivity index (χ3n) is 3.61. The standard InChI is InChI=1S/C15H14F2N2O/c16-9-5-6-13(17)11(7-9)15(19-18)12-8-20-14-4-2-1-3-10(12)14/h1-7,12,15,19H,8,18H2. The number of ether oxygens (including phenoxy) is 1. The number of benzene rings is 2. The molecule has 2 aromatic rings. The molecule has 0 aliphatic carbocycles. The molecule has 1 aliphatic rings. The van der Waals surface area contributed by atoms with Gasteiger partial charge in [0.25, 0.3) is 0 Å². The van der Waals surface area contributed by atoms with Crippen LogP contribution in [0.1, 0.15) is 23.1 Å². The zero-order chi connectivity index (χ0) is 14.1. The van der Waals surface area contributed by atoms with Crippen LogP contribution < -0.4 is 16.0 Å². The summed E-state index contributed by atoms with van der Waals surface area (Å²) in [4.78, 5) is 0. The first kappa shape index (κ1) is 13.0. The van der Waals surface area contributed by atoms with Crippen LogP contribution in [0.4, 0.5) is 8.78 Å². The molecule has 0 saturated heterocycles. The van der Waals surface area contributed by atoms with Crippen LogP contribution in [0, 0.1) is 11.6 Å². The summed E-state index contributed by atoms with van der Waals surface area (Å²) in [6.45, 7) is 0.379. The number of halogens is 2. The van der Waals surface area contributed by atoms with Crippen molar-refractivity contribution in [2.75, 3.05) is 6.61 Å². The number of hydrogen-bond acceptors (Lipinski definition) is 3. The van der Waals surface area contributed by atoms with Gasteiger partial charge < -0.3 is 4.74 Å². The quantitative estimate of drug-likeness (QED) is 0.669. The number of para-hydroxylation sites is 1. The van der Waals surface area contributed by atoms with Crippen molar-refractivity contribution in [1.82, 2.24) is 5.43 Å². The zero-order valence-electron chi connectivity index (χ0n) is 10.6. The molecule has 20 heavy (non-hydrogen) atoms. The fraction of sp³-hybridized carbons (Fsp3) is 0.200. The van der Waals surface area contributed by atoms with Crippen LogP contribution in [0.2, 0.25) is 0 Å². The minimum atomic E-state index is -0.547. The first-order chi connectivity index (χ1) is 9.70. The third kappa shape index (κ3) is 2.15. The van der Waals surface area contributed by atoms with Crippen LogP contribution in [-0.2, 0) is 0 Å². The summed E-state index contributed by atoms with van der Waals surface area (Å²) < 4.78 is 32.9. The highest BCUT2D eigenvalue weighted by Gasteiger charge is 2.33. The Hall–Kier alpha value is -1.98. The van der Waals surface area contributed by atoms with Gasteiger partial charge in [-0.15, -0.1) is 0 Å². The summed E-state index contributed by atoms with van der Waals surface area (Å²) in [7, 11) is 0. The molecule has 1 heterocycles. The predicted molar refractivity (Wildman–Crippen MR) is 71.1 cm³/mol. The zero-order valence-corrected chi connectivity index (χ0v) is 10.6. The van der Waals surface area contributed by atoms with E-state index in [1.165, 1.54) is 6.07 Å². The van der Waals surface area contributed by atoms with Gasteiger partial charge in [-0.2, -0.15) is 0 Å². The molecule has 2 aromatic carbocycles. The largest absolute Gasteiger partial charge is 0.493 e. The summed E-state index contributed by atoms with van der Waals surface area (Å²) in [5.74, 6) is 5.19. The van der Waals surface area contributed by atoms with Crippen molar-refractivity contribution in [3.63, 3.8) is 0 Å². The Kier molecular flexibility index (Phi) is 3.38. The Morgan fingerprint density at radius 2 is 2.00 bits per heavy atom. The second-order valence-corrected chi connectivity index (χ2v) is 4.77. The molecule has 2 unspecified atom stereocenters. The lowest BCUT2D eigenvalue weighted by molar-refractivity contribution is 0.297. The molecular formula is C15H14F2N2O. The number of rotatable bonds is 3. The maximum atomic E-state index is 13.9. The smallest absolute Gasteiger partial charge is 0.128 e. The van der Waals surface area contributed by atoms with Crippen molar-refractivity contribution in [3.8, 4) is 5.75 Å². The minimum Gasteiger partial charge on any atom is -0.493 e. The second-order valence-electron chi connectivity index (χ2n) is 4.77. The van der Waals surface area contributed by atoms with Gasteiger partial charge >= 0.3 is 0 Å². The van der Waals surface area contributed by atoms with Gasteiger partial charge in [0, 0.05) is 17.0 Å². The molecule has 0 radical (unpaired) electrons. The number of hydrogen-bond donors (Lipinski definition) is 2. The minimum absolute atomic E-state index is 0.160. The first-order valence-electron chi connectivity index (χ1n) is 6.33. The summed E-state index contributed by atoms with van der Waals surface area (Å²) >= 11 is 0. The molecule has 0 amide bonds. The Balaban J connectivity index is 2.01. The van der Waals surface area contributed by atoms with E-state index in [1.807, 2.05) is 24.3 Å². The molecule has 0 bridgehead atoms. The van der Waals surface area contributed by atoms with Crippen LogP contribution in [-0.4, -0.2) is 6.61 Å². The summed E-state index contributed by atoms with van der Waals surface area (Å²) in [5, 5.41) is 0. The molecule has 1 aliphatic heterocycles. The number of nitrogens with two attached hydrogens (primary N) is 1. The summed E-state index contributed by atoms with van der Waals surface area (Å²) in [6.07, 6.45) is 0. The van der Waals surface area contributed by atoms with Gasteiger partial charge in [-0.3, -0.25) is 11.3 Å². The van der Waals surface area contributed by atoms with Crippen molar-refractivity contribution in [1.29, 1.82) is 0 Å². The average Bonchev–Trinajstić information content (AvgIpc) is 2.88. The van der Waals surface area contributed by atoms with Crippen molar-refractivity contribution in [2.24, 2.45) is 5.84 Å². The maximum Gasteiger partial charge on any atom is 0.128 e. The van der Waals surface area contributed by atoms with E-state index in [2.05, 4.69) is 5.43 Å². The van der Waals surface area contributed by atoms with Crippen LogP contribution in [0.5, 0.6) is 5.75 Å². The molecule has 0 saturated carbocycles. The SMILES string of the molecule is NNC(c1cc(F)ccc1F)C1COc2ccccc21. The normalized spacial score (nSPS) is 18.4. The number of nitrogens with one attached hydrogen (secondary N) is 1. The fourth-order valence-corrected chi connectivity index (χ4v) is 2.64. The van der Waals surface area contributed by atoms with E-state index in [0.717, 1.165) is 23.4 Å². The van der Waals surface area contributed by atoms with Gasteiger partial charge in [-0.1, -0.05) is 18.2 Å². The summed E-state index contributed by atoms with van der Waals surface area (Å²) in [6, 6.07) is 10.3. The topological polar surface area (TPSA) is 47.3 Å². The van der Waals surface area contributed by atoms with Crippen molar-refractivity contribution >= 4 is 0 Å². The van der Waals surface area contributed by atoms with Crippen molar-refractivity contribution in [3.05, 3.63) is 65.2 Å². The van der Waals surface area contributed by atoms with E-state index in [4.69, 9.17) is 10.6 Å². The second kappa shape index (κ2) is 5.19. The van der Waals surface area contributed by atoms with Crippen molar-refractivity contribution in [2.45, 2.75) is 12.0 Å². The first-order valence-corrected chi connectivity index (χ1v) is 6.33. The van der Waals surface area contributed by atoms with E-state index >= 15 is 0 Å². The highest BCUT2D eigenvalue weighted by atomic mass is 19.1. The highest BCUT2D eigenvalue weighted by molar-refractivity contribution is 5.42. The van der Waals surface area contributed by atoms with E-state index in [-0.39, 0.29) is 11.5 Å². The molecule has 5 heteroatoms. The van der Waals surface area contributed by atoms with E-state index in [1.54, 1.807) is 0 Å². The predicted octanol–water partition coefficient (Wildman–Crippen LogP) is 2.65. The van der Waals surface area contributed by atoms with Crippen LogP contribution in [0.25, 0.3) is 0 Å². The molecule has 3 nitrogen and oxygen atoms in total. The van der Waals surface area contributed by atoms with Gasteiger partial charge in [0.15, 0.2) is 0 Å². The molecule has 0 fully saturated rings. The lowest BCUT2D eigenvalue weighted by Gasteiger charge is -2.23. The fourth-order valence-electron chi connectivity index (χ4n) is 2.64. The van der Waals surface area contributed by atoms with Crippen LogP contribution in [0.15, 0.2) is 42.5 Å². The lowest BCUT2D eigenvalue weighted by atomic mass is 9.88. The molecule has 3 rings (SSSR count). The maximum absolute atomic E-state index is 13.9. The Morgan fingerprint density at radius 3 is 2.80 bits per heavy atom. The molecule has 0 aromatic heterocycles. The van der Waals surface area contributed by atoms with Gasteiger partial charge in [0.2, 0.25) is 0 Å². The lowest BCUT2D eigenvalue weighted by Crippen LogP contribution is -2.34. The van der Waals surface area contributed by atoms with Gasteiger partial charge in [-0.25, -0.2) is 8.78 Å². The van der Waals surface area contributed by atoms with Crippen LogP contribution >= 0.6 is 0 Å². The average molecular weight is 276 g/mol. The van der Waals surface area contributed by atoms with Gasteiger partial charge in [-0.05, 0) is 24.3 Å². The molecular weight excluding hydrogens is 262 g/mol. The van der Waals surface area contributed by atoms with Crippen molar-refractivity contribution < 1.29 is 13.5 Å². The van der Waals surface area contributed by atoms with Crippen LogP contribution in [0.3, 0.4) is 0 Å². The highest BCUT2D eigenvalue weighted by Crippen LogP contribution is 2.41. The van der Waals surface area contributed by atoms with Gasteiger partial charge in [0.1, 0.15) is 17.4 Å². The Morgan fingerprint density at radius 1 is 1.20 bits per heavy atom. The Bertz CT molecular complexity index is 633. The van der Waals surface area contributed by atoms with E-state index < -0.39 is 17.7 Å². The third-order valence-corrected chi connectivity index (χ3v) is 3.61. The van der Waals surface area contributed by atoms with Gasteiger partial charge in [0.05, 0.1) is 12.6 Å². The van der Waals surface area contributed by atoms with E-state index in [9.17, 15) is 8.78 Å². The summed E-state index contributed by atoms with van der Waals surface area (Å²) in [5.41, 5.74) is 3.73. The number of fused-ring (bicyclic) bond motifs is 1. The molecule has 0 spiro atoms. The Labute approximate surface area is 115 Å². The molecule has 104 valence electrons. The molecule has 3 N–H and O–H groups in total.